The Morgan fingerprint density at radius 2 is 0.565 bits per heavy atom. The van der Waals surface area contributed by atoms with Gasteiger partial charge in [0, 0.05) is 6.42 Å². The summed E-state index contributed by atoms with van der Waals surface area (Å²) in [5, 5.41) is 23.1. The Morgan fingerprint density at radius 1 is 0.333 bits per heavy atom. The maximum absolute atomic E-state index is 12.5. The molecule has 69 heavy (non-hydrogen) atoms. The second-order valence-corrected chi connectivity index (χ2v) is 21.8. The smallest absolute Gasteiger partial charge is 0.220 e. The summed E-state index contributed by atoms with van der Waals surface area (Å²) in [6.07, 6.45) is 83.6. The van der Waals surface area contributed by atoms with E-state index in [1.807, 2.05) is 6.08 Å². The highest BCUT2D eigenvalue weighted by Crippen LogP contribution is 2.18. The third kappa shape index (κ3) is 57.4. The van der Waals surface area contributed by atoms with Crippen LogP contribution < -0.4 is 5.32 Å². The van der Waals surface area contributed by atoms with Crippen LogP contribution in [0.2, 0.25) is 0 Å². The lowest BCUT2D eigenvalue weighted by Gasteiger charge is -2.19. The number of hydrogen-bond donors (Lipinski definition) is 3. The van der Waals surface area contributed by atoms with Gasteiger partial charge in [-0.15, -0.1) is 0 Å². The molecule has 2 unspecified atom stereocenters. The first kappa shape index (κ1) is 67.6. The summed E-state index contributed by atoms with van der Waals surface area (Å²) >= 11 is 0. The fraction of sp³-hybridized carbons (Fsp3) is 0.892. The van der Waals surface area contributed by atoms with E-state index in [1.54, 1.807) is 6.08 Å². The average Bonchev–Trinajstić information content (AvgIpc) is 3.35. The highest BCUT2D eigenvalue weighted by molar-refractivity contribution is 5.76. The molecule has 0 spiro atoms. The summed E-state index contributed by atoms with van der Waals surface area (Å²) < 4.78 is 0. The number of aliphatic hydroxyl groups is 2. The van der Waals surface area contributed by atoms with Crippen LogP contribution in [-0.2, 0) is 4.79 Å². The Kier molecular flexibility index (Phi) is 59.7. The SMILES string of the molecule is CCCCCCCCC/C=C/CC/C=C/CC/C=C/C(O)C(CO)NC(=O)CCCCCCCCCCCCCCCCCCCCCCCCCCCCCCCCCCCCCCCCCC. The summed E-state index contributed by atoms with van der Waals surface area (Å²) in [7, 11) is 0. The summed E-state index contributed by atoms with van der Waals surface area (Å²) in [6.45, 7) is 4.32. The van der Waals surface area contributed by atoms with Gasteiger partial charge in [-0.25, -0.2) is 0 Å². The first-order chi connectivity index (χ1) is 34.2. The normalized spacial score (nSPS) is 12.9. The van der Waals surface area contributed by atoms with Gasteiger partial charge >= 0.3 is 0 Å². The molecule has 0 aromatic rings. The van der Waals surface area contributed by atoms with Gasteiger partial charge in [0.05, 0.1) is 18.8 Å². The van der Waals surface area contributed by atoms with E-state index in [2.05, 4.69) is 43.5 Å². The highest BCUT2D eigenvalue weighted by atomic mass is 16.3. The van der Waals surface area contributed by atoms with Gasteiger partial charge < -0.3 is 15.5 Å². The minimum absolute atomic E-state index is 0.0717. The number of unbranched alkanes of at least 4 members (excludes halogenated alkanes) is 48. The number of allylic oxidation sites excluding steroid dienone is 5. The Balaban J connectivity index is 3.38. The Labute approximate surface area is 433 Å². The number of amides is 1. The van der Waals surface area contributed by atoms with E-state index in [1.165, 1.54) is 295 Å². The van der Waals surface area contributed by atoms with Crippen molar-refractivity contribution in [1.82, 2.24) is 5.32 Å². The summed E-state index contributed by atoms with van der Waals surface area (Å²) in [4.78, 5) is 12.5. The van der Waals surface area contributed by atoms with Gasteiger partial charge in [0.2, 0.25) is 5.91 Å². The van der Waals surface area contributed by atoms with E-state index < -0.39 is 12.1 Å². The number of carbonyl (C=O) groups excluding carboxylic acids is 1. The molecular formula is C65H125NO3. The lowest BCUT2D eigenvalue weighted by atomic mass is 10.0. The third-order valence-corrected chi connectivity index (χ3v) is 14.9. The molecule has 4 nitrogen and oxygen atoms in total. The van der Waals surface area contributed by atoms with Gasteiger partial charge in [0.25, 0.3) is 0 Å². The van der Waals surface area contributed by atoms with E-state index >= 15 is 0 Å². The topological polar surface area (TPSA) is 69.6 Å². The first-order valence-corrected chi connectivity index (χ1v) is 31.7. The highest BCUT2D eigenvalue weighted by Gasteiger charge is 2.18. The number of rotatable bonds is 59. The molecule has 408 valence electrons. The van der Waals surface area contributed by atoms with E-state index in [9.17, 15) is 15.0 Å². The number of nitrogens with one attached hydrogen (secondary N) is 1. The van der Waals surface area contributed by atoms with E-state index in [-0.39, 0.29) is 12.5 Å². The fourth-order valence-electron chi connectivity index (χ4n) is 10.0. The molecule has 3 N–H and O–H groups in total. The average molecular weight is 969 g/mol. The first-order valence-electron chi connectivity index (χ1n) is 31.7. The van der Waals surface area contributed by atoms with Crippen LogP contribution in [0.4, 0.5) is 0 Å². The Bertz CT molecular complexity index is 1050. The molecule has 0 aromatic heterocycles. The van der Waals surface area contributed by atoms with Crippen LogP contribution in [0.25, 0.3) is 0 Å². The zero-order chi connectivity index (χ0) is 49.9. The van der Waals surface area contributed by atoms with E-state index in [4.69, 9.17) is 0 Å². The van der Waals surface area contributed by atoms with Crippen molar-refractivity contribution in [2.45, 2.75) is 366 Å². The van der Waals surface area contributed by atoms with Crippen molar-refractivity contribution in [1.29, 1.82) is 0 Å². The van der Waals surface area contributed by atoms with Crippen LogP contribution in [0.1, 0.15) is 354 Å². The molecule has 2 atom stereocenters. The maximum atomic E-state index is 12.5. The van der Waals surface area contributed by atoms with Crippen LogP contribution in [0.15, 0.2) is 36.5 Å². The van der Waals surface area contributed by atoms with Crippen LogP contribution in [0.5, 0.6) is 0 Å². The molecule has 0 aliphatic heterocycles. The lowest BCUT2D eigenvalue weighted by Crippen LogP contribution is -2.45. The van der Waals surface area contributed by atoms with Crippen molar-refractivity contribution in [3.05, 3.63) is 36.5 Å². The molecule has 0 radical (unpaired) electrons. The number of aliphatic hydroxyl groups excluding tert-OH is 2. The Morgan fingerprint density at radius 3 is 0.841 bits per heavy atom. The van der Waals surface area contributed by atoms with E-state index in [0.717, 1.165) is 38.5 Å². The fourth-order valence-corrected chi connectivity index (χ4v) is 10.0. The second-order valence-electron chi connectivity index (χ2n) is 21.8. The van der Waals surface area contributed by atoms with Gasteiger partial charge in [0.1, 0.15) is 0 Å². The van der Waals surface area contributed by atoms with Crippen molar-refractivity contribution >= 4 is 5.91 Å². The number of carbonyl (C=O) groups is 1. The lowest BCUT2D eigenvalue weighted by molar-refractivity contribution is -0.123. The van der Waals surface area contributed by atoms with E-state index in [0.29, 0.717) is 6.42 Å². The maximum Gasteiger partial charge on any atom is 0.220 e. The van der Waals surface area contributed by atoms with Gasteiger partial charge in [-0.1, -0.05) is 339 Å². The summed E-state index contributed by atoms with van der Waals surface area (Å²) in [5.41, 5.74) is 0. The van der Waals surface area contributed by atoms with Crippen molar-refractivity contribution in [2.75, 3.05) is 6.61 Å². The molecule has 0 saturated heterocycles. The predicted molar refractivity (Wildman–Crippen MR) is 308 cm³/mol. The molecule has 4 heteroatoms. The third-order valence-electron chi connectivity index (χ3n) is 14.9. The predicted octanol–water partition coefficient (Wildman–Crippen LogP) is 21.2. The van der Waals surface area contributed by atoms with Crippen LogP contribution >= 0.6 is 0 Å². The minimum atomic E-state index is -0.869. The summed E-state index contributed by atoms with van der Waals surface area (Å²) in [5.74, 6) is -0.0717. The van der Waals surface area contributed by atoms with Crippen molar-refractivity contribution < 1.29 is 15.0 Å². The molecule has 0 aromatic carbocycles. The quantitative estimate of drug-likeness (QED) is 0.0420. The standard InChI is InChI=1S/C65H125NO3/c1-3-5-7-9-11-13-15-17-19-21-22-23-24-25-26-27-28-29-30-31-32-33-34-35-36-37-38-39-40-41-42-43-45-47-49-51-53-55-57-59-61-65(69)66-63(62-67)64(68)60-58-56-54-52-50-48-46-44-20-18-16-14-12-10-8-6-4-2/h20,44,50,52,58,60,63-64,67-68H,3-19,21-43,45-49,51,53-57,59,61-62H2,1-2H3,(H,66,69)/b44-20+,52-50+,60-58+. The Hall–Kier alpha value is -1.39. The largest absolute Gasteiger partial charge is 0.394 e. The molecule has 0 rings (SSSR count). The summed E-state index contributed by atoms with van der Waals surface area (Å²) in [6, 6.07) is -0.644. The van der Waals surface area contributed by atoms with Crippen molar-refractivity contribution in [2.24, 2.45) is 0 Å². The zero-order valence-corrected chi connectivity index (χ0v) is 47.1. The van der Waals surface area contributed by atoms with Crippen molar-refractivity contribution in [3.8, 4) is 0 Å². The molecule has 0 bridgehead atoms. The monoisotopic (exact) mass is 968 g/mol. The molecule has 1 amide bonds. The van der Waals surface area contributed by atoms with Gasteiger partial charge in [0.15, 0.2) is 0 Å². The molecule has 0 saturated carbocycles. The van der Waals surface area contributed by atoms with Crippen molar-refractivity contribution in [3.63, 3.8) is 0 Å². The molecule has 0 fully saturated rings. The minimum Gasteiger partial charge on any atom is -0.394 e. The molecule has 0 aliphatic carbocycles. The van der Waals surface area contributed by atoms with Gasteiger partial charge in [-0.05, 0) is 44.9 Å². The number of hydrogen-bond acceptors (Lipinski definition) is 3. The van der Waals surface area contributed by atoms with Gasteiger partial charge in [-0.3, -0.25) is 4.79 Å². The zero-order valence-electron chi connectivity index (χ0n) is 47.1. The molecule has 0 aliphatic rings. The second kappa shape index (κ2) is 60.9. The molecule has 0 heterocycles. The van der Waals surface area contributed by atoms with Crippen LogP contribution in [-0.4, -0.2) is 34.9 Å². The van der Waals surface area contributed by atoms with Crippen LogP contribution in [0, 0.1) is 0 Å². The van der Waals surface area contributed by atoms with Gasteiger partial charge in [-0.2, -0.15) is 0 Å². The van der Waals surface area contributed by atoms with Crippen LogP contribution in [0.3, 0.4) is 0 Å². The molecular weight excluding hydrogens is 843 g/mol.